The molecule has 0 fully saturated rings. The van der Waals surface area contributed by atoms with Crippen LogP contribution in [0.5, 0.6) is 0 Å². The number of rotatable bonds is 4. The Morgan fingerprint density at radius 1 is 1.67 bits per heavy atom. The Morgan fingerprint density at radius 3 is 3.00 bits per heavy atom. The van der Waals surface area contributed by atoms with E-state index in [1.165, 1.54) is 0 Å². The molecule has 1 amide bonds. The smallest absolute Gasteiger partial charge is 0.241 e. The van der Waals surface area contributed by atoms with Crippen LogP contribution in [0.2, 0.25) is 0 Å². The van der Waals surface area contributed by atoms with E-state index in [9.17, 15) is 4.79 Å². The molecule has 0 spiro atoms. The lowest BCUT2D eigenvalue weighted by molar-refractivity contribution is -0.122. The fourth-order valence-electron chi connectivity index (χ4n) is 1.54. The molecule has 0 saturated heterocycles. The lowest BCUT2D eigenvalue weighted by Crippen LogP contribution is -2.33. The minimum Gasteiger partial charge on any atom is -0.361 e. The summed E-state index contributed by atoms with van der Waals surface area (Å²) in [4.78, 5) is 11.8. The Bertz CT molecular complexity index is 545. The zero-order valence-corrected chi connectivity index (χ0v) is 10.3. The number of carbonyl (C=O) groups excluding carboxylic acids is 1. The topological polar surface area (TPSA) is 99.0 Å². The lowest BCUT2D eigenvalue weighted by Gasteiger charge is -2.09. The van der Waals surface area contributed by atoms with E-state index in [1.807, 2.05) is 0 Å². The van der Waals surface area contributed by atoms with Crippen molar-refractivity contribution in [3.63, 3.8) is 0 Å². The second-order valence-electron chi connectivity index (χ2n) is 4.07. The number of hydrogen-bond acceptors (Lipinski definition) is 5. The van der Waals surface area contributed by atoms with Crippen molar-refractivity contribution in [2.24, 2.45) is 12.8 Å². The minimum absolute atomic E-state index is 0.274. The van der Waals surface area contributed by atoms with E-state index >= 15 is 0 Å². The molecule has 0 saturated carbocycles. The van der Waals surface area contributed by atoms with E-state index in [0.717, 1.165) is 0 Å². The summed E-state index contributed by atoms with van der Waals surface area (Å²) in [5, 5.41) is 10.4. The van der Waals surface area contributed by atoms with Crippen LogP contribution < -0.4 is 11.1 Å². The summed E-state index contributed by atoms with van der Waals surface area (Å²) >= 11 is 0. The van der Waals surface area contributed by atoms with Gasteiger partial charge in [-0.2, -0.15) is 5.10 Å². The normalized spacial score (nSPS) is 12.4. The highest BCUT2D eigenvalue weighted by atomic mass is 16.5. The van der Waals surface area contributed by atoms with E-state index in [2.05, 4.69) is 15.6 Å². The molecule has 1 unspecified atom stereocenters. The molecule has 0 bridgehead atoms. The average Bonchev–Trinajstić information content (AvgIpc) is 2.94. The molecule has 3 N–H and O–H groups in total. The van der Waals surface area contributed by atoms with Gasteiger partial charge in [0.2, 0.25) is 5.91 Å². The third kappa shape index (κ3) is 2.75. The van der Waals surface area contributed by atoms with Gasteiger partial charge in [-0.3, -0.25) is 9.48 Å². The van der Waals surface area contributed by atoms with Gasteiger partial charge in [-0.05, 0) is 6.92 Å². The molecule has 0 radical (unpaired) electrons. The quantitative estimate of drug-likeness (QED) is 0.796. The Balaban J connectivity index is 1.92. The summed E-state index contributed by atoms with van der Waals surface area (Å²) < 4.78 is 6.50. The molecule has 2 aromatic heterocycles. The second kappa shape index (κ2) is 5.01. The van der Waals surface area contributed by atoms with Crippen LogP contribution in [0.25, 0.3) is 0 Å². The monoisotopic (exact) mass is 249 g/mol. The van der Waals surface area contributed by atoms with Gasteiger partial charge in [0.25, 0.3) is 0 Å². The van der Waals surface area contributed by atoms with Gasteiger partial charge in [-0.1, -0.05) is 5.16 Å². The molecule has 0 aromatic carbocycles. The molecule has 2 aromatic rings. The van der Waals surface area contributed by atoms with Gasteiger partial charge < -0.3 is 15.6 Å². The van der Waals surface area contributed by atoms with Crippen molar-refractivity contribution in [3.05, 3.63) is 35.5 Å². The van der Waals surface area contributed by atoms with Crippen LogP contribution in [0.4, 0.5) is 0 Å². The molecule has 7 nitrogen and oxygen atoms in total. The average molecular weight is 249 g/mol. The molecule has 7 heteroatoms. The van der Waals surface area contributed by atoms with Crippen molar-refractivity contribution < 1.29 is 9.32 Å². The molecule has 96 valence electrons. The predicted molar refractivity (Wildman–Crippen MR) is 63.2 cm³/mol. The summed E-state index contributed by atoms with van der Waals surface area (Å²) in [6.07, 6.45) is 3.29. The van der Waals surface area contributed by atoms with E-state index in [-0.39, 0.29) is 5.91 Å². The van der Waals surface area contributed by atoms with E-state index in [4.69, 9.17) is 10.3 Å². The van der Waals surface area contributed by atoms with Crippen LogP contribution in [-0.2, 0) is 18.4 Å². The zero-order valence-electron chi connectivity index (χ0n) is 10.3. The molecule has 2 rings (SSSR count). The number of aryl methyl sites for hydroxylation is 2. The molecule has 0 aliphatic heterocycles. The first-order chi connectivity index (χ1) is 8.56. The maximum Gasteiger partial charge on any atom is 0.241 e. The molecule has 18 heavy (non-hydrogen) atoms. The fraction of sp³-hybridized carbons (Fsp3) is 0.364. The van der Waals surface area contributed by atoms with E-state index in [0.29, 0.717) is 23.6 Å². The molecule has 2 heterocycles. The third-order valence-corrected chi connectivity index (χ3v) is 2.49. The molecular formula is C11H15N5O2. The fourth-order valence-corrected chi connectivity index (χ4v) is 1.54. The SMILES string of the molecule is Cc1cc(CNC(=O)C(N)c2cnn(C)c2)no1. The Labute approximate surface area is 104 Å². The first-order valence-corrected chi connectivity index (χ1v) is 5.50. The summed E-state index contributed by atoms with van der Waals surface area (Å²) in [5.41, 5.74) is 7.15. The minimum atomic E-state index is -0.730. The Kier molecular flexibility index (Phi) is 3.42. The van der Waals surface area contributed by atoms with Gasteiger partial charge in [-0.25, -0.2) is 0 Å². The van der Waals surface area contributed by atoms with Gasteiger partial charge in [0.05, 0.1) is 12.7 Å². The highest BCUT2D eigenvalue weighted by Gasteiger charge is 2.17. The standard InChI is InChI=1S/C11H15N5O2/c1-7-3-9(15-18-7)5-13-11(17)10(12)8-4-14-16(2)6-8/h3-4,6,10H,5,12H2,1-2H3,(H,13,17). The molecular weight excluding hydrogens is 234 g/mol. The van der Waals surface area contributed by atoms with Crippen LogP contribution >= 0.6 is 0 Å². The number of aromatic nitrogens is 3. The Morgan fingerprint density at radius 2 is 2.44 bits per heavy atom. The van der Waals surface area contributed by atoms with Crippen LogP contribution in [0.15, 0.2) is 23.0 Å². The summed E-state index contributed by atoms with van der Waals surface area (Å²) in [7, 11) is 1.77. The predicted octanol–water partition coefficient (Wildman–Crippen LogP) is 0.0327. The Hall–Kier alpha value is -2.15. The number of carbonyl (C=O) groups is 1. The van der Waals surface area contributed by atoms with Crippen molar-refractivity contribution in [2.45, 2.75) is 19.5 Å². The van der Waals surface area contributed by atoms with Crippen LogP contribution in [0, 0.1) is 6.92 Å². The van der Waals surface area contributed by atoms with E-state index < -0.39 is 6.04 Å². The molecule has 0 aliphatic rings. The number of nitrogens with zero attached hydrogens (tertiary/aromatic N) is 3. The van der Waals surface area contributed by atoms with Crippen molar-refractivity contribution in [2.75, 3.05) is 0 Å². The van der Waals surface area contributed by atoms with E-state index in [1.54, 1.807) is 37.1 Å². The summed E-state index contributed by atoms with van der Waals surface area (Å²) in [6, 6.07) is 1.03. The number of nitrogens with two attached hydrogens (primary N) is 1. The van der Waals surface area contributed by atoms with Crippen LogP contribution in [0.1, 0.15) is 23.1 Å². The highest BCUT2D eigenvalue weighted by molar-refractivity contribution is 5.82. The maximum atomic E-state index is 11.8. The van der Waals surface area contributed by atoms with Crippen molar-refractivity contribution in [3.8, 4) is 0 Å². The van der Waals surface area contributed by atoms with Crippen molar-refractivity contribution in [1.82, 2.24) is 20.3 Å². The summed E-state index contributed by atoms with van der Waals surface area (Å²) in [6.45, 7) is 2.09. The summed E-state index contributed by atoms with van der Waals surface area (Å²) in [5.74, 6) is 0.430. The third-order valence-electron chi connectivity index (χ3n) is 2.49. The van der Waals surface area contributed by atoms with Gasteiger partial charge in [0.1, 0.15) is 17.5 Å². The van der Waals surface area contributed by atoms with Crippen LogP contribution in [-0.4, -0.2) is 20.8 Å². The van der Waals surface area contributed by atoms with Gasteiger partial charge in [0, 0.05) is 24.9 Å². The van der Waals surface area contributed by atoms with Gasteiger partial charge in [0.15, 0.2) is 0 Å². The maximum absolute atomic E-state index is 11.8. The number of nitrogens with one attached hydrogen (secondary N) is 1. The highest BCUT2D eigenvalue weighted by Crippen LogP contribution is 2.09. The second-order valence-corrected chi connectivity index (χ2v) is 4.07. The zero-order chi connectivity index (χ0) is 13.1. The first kappa shape index (κ1) is 12.3. The first-order valence-electron chi connectivity index (χ1n) is 5.50. The van der Waals surface area contributed by atoms with Crippen LogP contribution in [0.3, 0.4) is 0 Å². The van der Waals surface area contributed by atoms with Gasteiger partial charge in [-0.15, -0.1) is 0 Å². The van der Waals surface area contributed by atoms with Crippen molar-refractivity contribution >= 4 is 5.91 Å². The number of amides is 1. The molecule has 1 atom stereocenters. The van der Waals surface area contributed by atoms with Crippen molar-refractivity contribution in [1.29, 1.82) is 0 Å². The number of hydrogen-bond donors (Lipinski definition) is 2. The molecule has 0 aliphatic carbocycles. The largest absolute Gasteiger partial charge is 0.361 e. The lowest BCUT2D eigenvalue weighted by atomic mass is 10.1. The van der Waals surface area contributed by atoms with Gasteiger partial charge >= 0.3 is 0 Å².